The number of nitrogens with zero attached hydrogens (tertiary/aromatic N) is 3. The molecule has 0 aliphatic carbocycles. The first-order chi connectivity index (χ1) is 13.3. The molecule has 2 aliphatic heterocycles. The largest absolute Gasteiger partial charge is 0.490 e. The molecule has 29 heavy (non-hydrogen) atoms. The van der Waals surface area contributed by atoms with Crippen LogP contribution in [0.3, 0.4) is 0 Å². The highest BCUT2D eigenvalue weighted by Gasteiger charge is 2.46. The van der Waals surface area contributed by atoms with Crippen molar-refractivity contribution < 1.29 is 36.2 Å². The van der Waals surface area contributed by atoms with Crippen molar-refractivity contribution in [1.29, 1.82) is 0 Å². The molecule has 0 saturated carbocycles. The van der Waals surface area contributed by atoms with Gasteiger partial charge in [-0.25, -0.2) is 18.2 Å². The number of aliphatic carboxylic acids is 1. The molecule has 8 nitrogen and oxygen atoms in total. The summed E-state index contributed by atoms with van der Waals surface area (Å²) >= 11 is 1.67. The maximum absolute atomic E-state index is 12.1. The van der Waals surface area contributed by atoms with Crippen LogP contribution in [0.25, 0.3) is 0 Å². The van der Waals surface area contributed by atoms with E-state index >= 15 is 0 Å². The van der Waals surface area contributed by atoms with Gasteiger partial charge >= 0.3 is 12.1 Å². The minimum absolute atomic E-state index is 0.347. The molecule has 1 N–H and O–H groups in total. The molecule has 0 amide bonds. The quantitative estimate of drug-likeness (QED) is 0.735. The molecule has 0 radical (unpaired) electrons. The average Bonchev–Trinajstić information content (AvgIpc) is 3.01. The summed E-state index contributed by atoms with van der Waals surface area (Å²) in [5.41, 5.74) is 0.763. The minimum Gasteiger partial charge on any atom is -0.475 e. The summed E-state index contributed by atoms with van der Waals surface area (Å²) < 4.78 is 63.2. The number of morpholine rings is 1. The van der Waals surface area contributed by atoms with Gasteiger partial charge in [0.2, 0.25) is 10.0 Å². The number of aromatic nitrogens is 1. The number of aryl methyl sites for hydroxylation is 1. The number of hydrogen-bond donors (Lipinski definition) is 1. The molecule has 1 aromatic heterocycles. The van der Waals surface area contributed by atoms with Gasteiger partial charge in [0.1, 0.15) is 0 Å². The van der Waals surface area contributed by atoms with E-state index in [0.717, 1.165) is 43.2 Å². The molecular weight excluding hydrogens is 435 g/mol. The van der Waals surface area contributed by atoms with Crippen molar-refractivity contribution in [2.24, 2.45) is 0 Å². The zero-order chi connectivity index (χ0) is 21.9. The fourth-order valence-electron chi connectivity index (χ4n) is 3.47. The second-order valence-corrected chi connectivity index (χ2v) is 10.0. The van der Waals surface area contributed by atoms with Crippen molar-refractivity contribution in [1.82, 2.24) is 14.2 Å². The van der Waals surface area contributed by atoms with Crippen molar-refractivity contribution >= 4 is 27.3 Å². The van der Waals surface area contributed by atoms with Gasteiger partial charge < -0.3 is 9.84 Å². The maximum atomic E-state index is 12.1. The fraction of sp³-hybridized carbons (Fsp3) is 0.750. The molecule has 2 fully saturated rings. The summed E-state index contributed by atoms with van der Waals surface area (Å²) in [7, 11) is -3.18. The van der Waals surface area contributed by atoms with E-state index in [9.17, 15) is 21.6 Å². The fourth-order valence-corrected chi connectivity index (χ4v) is 5.42. The van der Waals surface area contributed by atoms with Gasteiger partial charge in [0.25, 0.3) is 0 Å². The van der Waals surface area contributed by atoms with Crippen LogP contribution in [-0.2, 0) is 26.1 Å². The predicted octanol–water partition coefficient (Wildman–Crippen LogP) is 1.71. The Labute approximate surface area is 171 Å². The molecule has 2 saturated heterocycles. The minimum atomic E-state index is -5.08. The van der Waals surface area contributed by atoms with Crippen LogP contribution >= 0.6 is 11.3 Å². The third kappa shape index (κ3) is 6.60. The molecule has 1 aromatic rings. The zero-order valence-electron chi connectivity index (χ0n) is 16.1. The number of rotatable bonds is 3. The molecule has 0 atom stereocenters. The van der Waals surface area contributed by atoms with Crippen LogP contribution in [0.1, 0.15) is 23.5 Å². The molecule has 2 aliphatic rings. The highest BCUT2D eigenvalue weighted by atomic mass is 32.2. The molecule has 3 rings (SSSR count). The maximum Gasteiger partial charge on any atom is 0.490 e. The third-order valence-corrected chi connectivity index (χ3v) is 7.01. The van der Waals surface area contributed by atoms with E-state index in [2.05, 4.69) is 15.3 Å². The Morgan fingerprint density at radius 3 is 2.38 bits per heavy atom. The SMILES string of the molecule is Cc1nc(CN2CCC3(CC2)COCCN3S(C)(=O)=O)cs1.O=C(O)C(F)(F)F. The average molecular weight is 460 g/mol. The number of likely N-dealkylation sites (tertiary alicyclic amines) is 1. The van der Waals surface area contributed by atoms with Crippen LogP contribution in [0.5, 0.6) is 0 Å². The summed E-state index contributed by atoms with van der Waals surface area (Å²) in [6.07, 6.45) is -2.13. The molecular formula is C16H24F3N3O5S2. The number of hydrogen-bond acceptors (Lipinski definition) is 7. The Hall–Kier alpha value is -1.28. The summed E-state index contributed by atoms with van der Waals surface area (Å²) in [4.78, 5) is 15.8. The molecule has 13 heteroatoms. The van der Waals surface area contributed by atoms with Crippen LogP contribution in [0.2, 0.25) is 0 Å². The van der Waals surface area contributed by atoms with Crippen molar-refractivity contribution in [2.45, 2.75) is 38.0 Å². The first-order valence-electron chi connectivity index (χ1n) is 8.82. The van der Waals surface area contributed by atoms with E-state index in [1.165, 1.54) is 6.26 Å². The molecule has 0 aromatic carbocycles. The highest BCUT2D eigenvalue weighted by Crippen LogP contribution is 2.34. The number of ether oxygens (including phenoxy) is 1. The van der Waals surface area contributed by atoms with Crippen LogP contribution in [0, 0.1) is 6.92 Å². The lowest BCUT2D eigenvalue weighted by Gasteiger charge is -2.49. The second kappa shape index (κ2) is 9.25. The van der Waals surface area contributed by atoms with Crippen LogP contribution in [-0.4, -0.2) is 84.5 Å². The lowest BCUT2D eigenvalue weighted by atomic mass is 9.87. The molecule has 166 valence electrons. The van der Waals surface area contributed by atoms with Gasteiger partial charge in [0.15, 0.2) is 0 Å². The van der Waals surface area contributed by atoms with Crippen LogP contribution in [0.4, 0.5) is 13.2 Å². The van der Waals surface area contributed by atoms with Gasteiger partial charge in [-0.1, -0.05) is 0 Å². The molecule has 1 spiro atoms. The number of carboxylic acids is 1. The number of piperidine rings is 1. The van der Waals surface area contributed by atoms with E-state index < -0.39 is 22.2 Å². The van der Waals surface area contributed by atoms with E-state index in [4.69, 9.17) is 14.6 Å². The van der Waals surface area contributed by atoms with Crippen molar-refractivity contribution in [2.75, 3.05) is 39.1 Å². The summed E-state index contributed by atoms with van der Waals surface area (Å²) in [5, 5.41) is 10.3. The normalized spacial score (nSPS) is 20.9. The van der Waals surface area contributed by atoms with E-state index in [0.29, 0.717) is 19.8 Å². The molecule has 3 heterocycles. The summed E-state index contributed by atoms with van der Waals surface area (Å²) in [5.74, 6) is -2.76. The molecule has 0 unspecified atom stereocenters. The summed E-state index contributed by atoms with van der Waals surface area (Å²) in [6.45, 7) is 6.12. The van der Waals surface area contributed by atoms with Gasteiger partial charge in [-0.05, 0) is 19.8 Å². The zero-order valence-corrected chi connectivity index (χ0v) is 17.7. The lowest BCUT2D eigenvalue weighted by Crippen LogP contribution is -2.62. The van der Waals surface area contributed by atoms with E-state index in [1.807, 2.05) is 6.92 Å². The summed E-state index contributed by atoms with van der Waals surface area (Å²) in [6, 6.07) is 0. The Morgan fingerprint density at radius 2 is 1.93 bits per heavy atom. The van der Waals surface area contributed by atoms with Gasteiger partial charge in [0.05, 0.1) is 35.7 Å². The standard InChI is InChI=1S/C14H23N3O3S2.C2HF3O2/c1-12-15-13(10-21-12)9-16-5-3-14(4-6-16)11-20-8-7-17(14)22(2,18)19;3-2(4,5)1(6)7/h10H,3-9,11H2,1-2H3;(H,6,7). The Balaban J connectivity index is 0.000000370. The number of carbonyl (C=O) groups is 1. The monoisotopic (exact) mass is 459 g/mol. The van der Waals surface area contributed by atoms with E-state index in [-0.39, 0.29) is 5.54 Å². The Morgan fingerprint density at radius 1 is 1.34 bits per heavy atom. The third-order valence-electron chi connectivity index (χ3n) is 4.82. The number of thiazole rings is 1. The van der Waals surface area contributed by atoms with E-state index in [1.54, 1.807) is 15.6 Å². The Bertz CT molecular complexity index is 805. The smallest absolute Gasteiger partial charge is 0.475 e. The molecule has 0 bridgehead atoms. The number of alkyl halides is 3. The first kappa shape index (κ1) is 24.0. The predicted molar refractivity (Wildman–Crippen MR) is 100 cm³/mol. The lowest BCUT2D eigenvalue weighted by molar-refractivity contribution is -0.192. The van der Waals surface area contributed by atoms with Crippen LogP contribution in [0.15, 0.2) is 5.38 Å². The number of halogens is 3. The van der Waals surface area contributed by atoms with Gasteiger partial charge in [-0.2, -0.15) is 17.5 Å². The van der Waals surface area contributed by atoms with Gasteiger partial charge in [-0.3, -0.25) is 4.90 Å². The first-order valence-corrected chi connectivity index (χ1v) is 11.6. The van der Waals surface area contributed by atoms with Crippen molar-refractivity contribution in [3.8, 4) is 0 Å². The van der Waals surface area contributed by atoms with Crippen LogP contribution < -0.4 is 0 Å². The van der Waals surface area contributed by atoms with Gasteiger partial charge in [0, 0.05) is 31.6 Å². The number of sulfonamides is 1. The Kier molecular flexibility index (Phi) is 7.65. The topological polar surface area (TPSA) is 100 Å². The van der Waals surface area contributed by atoms with Gasteiger partial charge in [-0.15, -0.1) is 11.3 Å². The van der Waals surface area contributed by atoms with Crippen molar-refractivity contribution in [3.63, 3.8) is 0 Å². The number of carboxylic acid groups (broad SMARTS) is 1. The highest BCUT2D eigenvalue weighted by molar-refractivity contribution is 7.88. The second-order valence-electron chi connectivity index (χ2n) is 7.05. The van der Waals surface area contributed by atoms with Crippen molar-refractivity contribution in [3.05, 3.63) is 16.1 Å².